The number of fused-ring (bicyclic) bond motifs is 2. The highest BCUT2D eigenvalue weighted by Gasteiger charge is 2.08. The zero-order valence-electron chi connectivity index (χ0n) is 11.8. The average Bonchev–Trinajstić information content (AvgIpc) is 2.97. The second kappa shape index (κ2) is 5.37. The van der Waals surface area contributed by atoms with Gasteiger partial charge in [-0.25, -0.2) is 10.4 Å². The van der Waals surface area contributed by atoms with Crippen molar-refractivity contribution in [1.82, 2.24) is 9.97 Å². The lowest BCUT2D eigenvalue weighted by Crippen LogP contribution is -2.08. The summed E-state index contributed by atoms with van der Waals surface area (Å²) in [7, 11) is 0. The van der Waals surface area contributed by atoms with Gasteiger partial charge in [-0.15, -0.1) is 0 Å². The zero-order chi connectivity index (χ0) is 14.8. The molecule has 2 N–H and O–H groups in total. The molecule has 2 heterocycles. The van der Waals surface area contributed by atoms with E-state index in [2.05, 4.69) is 26.6 Å². The highest BCUT2D eigenvalue weighted by molar-refractivity contribution is 5.88. The Bertz CT molecular complexity index is 846. The number of hydrogen-bond acceptors (Lipinski definition) is 4. The van der Waals surface area contributed by atoms with E-state index in [4.69, 9.17) is 4.74 Å². The summed E-state index contributed by atoms with van der Waals surface area (Å²) in [6, 6.07) is 15.8. The third-order valence-corrected chi connectivity index (χ3v) is 3.44. The van der Waals surface area contributed by atoms with Gasteiger partial charge >= 0.3 is 0 Å². The molecule has 0 saturated heterocycles. The molecule has 0 saturated carbocycles. The molecule has 0 aliphatic carbocycles. The summed E-state index contributed by atoms with van der Waals surface area (Å²) < 4.78 is 5.68. The van der Waals surface area contributed by atoms with Crippen LogP contribution in [0.15, 0.2) is 59.2 Å². The first kappa shape index (κ1) is 12.6. The second-order valence-corrected chi connectivity index (χ2v) is 5.02. The van der Waals surface area contributed by atoms with Crippen LogP contribution in [-0.4, -0.2) is 22.8 Å². The van der Waals surface area contributed by atoms with Gasteiger partial charge in [0.15, 0.2) is 0 Å². The molecule has 0 spiro atoms. The standard InChI is InChI=1S/C17H14N4O/c1-4-8-16-13(5-1)9-12(11-22-16)10-18-21-17-19-14-6-2-3-7-15(14)20-17/h1-10H,11H2,(H2,19,20,21)/b18-10-. The number of aromatic amines is 1. The van der Waals surface area contributed by atoms with Crippen LogP contribution >= 0.6 is 0 Å². The lowest BCUT2D eigenvalue weighted by molar-refractivity contribution is 0.353. The summed E-state index contributed by atoms with van der Waals surface area (Å²) in [5.41, 5.74) is 6.87. The monoisotopic (exact) mass is 290 g/mol. The summed E-state index contributed by atoms with van der Waals surface area (Å²) in [5, 5.41) is 4.22. The largest absolute Gasteiger partial charge is 0.488 e. The van der Waals surface area contributed by atoms with Gasteiger partial charge in [-0.05, 0) is 24.3 Å². The van der Waals surface area contributed by atoms with E-state index in [0.29, 0.717) is 12.6 Å². The van der Waals surface area contributed by atoms with Gasteiger partial charge in [0.2, 0.25) is 5.95 Å². The van der Waals surface area contributed by atoms with Crippen molar-refractivity contribution in [3.05, 3.63) is 59.7 Å². The van der Waals surface area contributed by atoms with Crippen molar-refractivity contribution in [3.63, 3.8) is 0 Å². The molecule has 0 bridgehead atoms. The first-order valence-corrected chi connectivity index (χ1v) is 7.05. The van der Waals surface area contributed by atoms with Crippen molar-refractivity contribution in [2.45, 2.75) is 0 Å². The van der Waals surface area contributed by atoms with Gasteiger partial charge in [-0.1, -0.05) is 30.3 Å². The molecule has 22 heavy (non-hydrogen) atoms. The van der Waals surface area contributed by atoms with Crippen LogP contribution in [0.5, 0.6) is 5.75 Å². The fourth-order valence-electron chi connectivity index (χ4n) is 2.39. The second-order valence-electron chi connectivity index (χ2n) is 5.02. The topological polar surface area (TPSA) is 62.3 Å². The van der Waals surface area contributed by atoms with Crippen LogP contribution in [0.2, 0.25) is 0 Å². The molecule has 1 aliphatic rings. The van der Waals surface area contributed by atoms with Gasteiger partial charge < -0.3 is 9.72 Å². The van der Waals surface area contributed by atoms with E-state index in [9.17, 15) is 0 Å². The maximum Gasteiger partial charge on any atom is 0.222 e. The highest BCUT2D eigenvalue weighted by atomic mass is 16.5. The first-order chi connectivity index (χ1) is 10.9. The molecule has 3 aromatic rings. The van der Waals surface area contributed by atoms with Crippen molar-refractivity contribution in [3.8, 4) is 5.75 Å². The Morgan fingerprint density at radius 2 is 2.00 bits per heavy atom. The third kappa shape index (κ3) is 2.44. The van der Waals surface area contributed by atoms with Crippen molar-refractivity contribution < 1.29 is 4.74 Å². The number of nitrogens with zero attached hydrogens (tertiary/aromatic N) is 2. The minimum absolute atomic E-state index is 0.516. The Labute approximate surface area is 127 Å². The highest BCUT2D eigenvalue weighted by Crippen LogP contribution is 2.24. The number of aromatic nitrogens is 2. The first-order valence-electron chi connectivity index (χ1n) is 7.05. The van der Waals surface area contributed by atoms with Crippen molar-refractivity contribution >= 4 is 29.3 Å². The fourth-order valence-corrected chi connectivity index (χ4v) is 2.39. The fraction of sp³-hybridized carbons (Fsp3) is 0.0588. The van der Waals surface area contributed by atoms with E-state index in [1.165, 1.54) is 0 Å². The average molecular weight is 290 g/mol. The Kier molecular flexibility index (Phi) is 3.08. The van der Waals surface area contributed by atoms with Crippen LogP contribution in [0.3, 0.4) is 0 Å². The molecule has 0 fully saturated rings. The third-order valence-electron chi connectivity index (χ3n) is 3.44. The molecule has 4 rings (SSSR count). The summed E-state index contributed by atoms with van der Waals surface area (Å²) in [5.74, 6) is 1.53. The van der Waals surface area contributed by atoms with Crippen molar-refractivity contribution in [2.24, 2.45) is 5.10 Å². The Morgan fingerprint density at radius 3 is 2.95 bits per heavy atom. The Hall–Kier alpha value is -3.08. The Morgan fingerprint density at radius 1 is 1.14 bits per heavy atom. The molecule has 1 aromatic heterocycles. The van der Waals surface area contributed by atoms with E-state index in [1.807, 2.05) is 48.5 Å². The van der Waals surface area contributed by atoms with E-state index >= 15 is 0 Å². The van der Waals surface area contributed by atoms with Gasteiger partial charge in [-0.2, -0.15) is 5.10 Å². The Balaban J connectivity index is 1.50. The van der Waals surface area contributed by atoms with E-state index in [0.717, 1.165) is 27.9 Å². The number of rotatable bonds is 3. The van der Waals surface area contributed by atoms with E-state index < -0.39 is 0 Å². The summed E-state index contributed by atoms with van der Waals surface area (Å²) in [6.45, 7) is 0.516. The number of nitrogens with one attached hydrogen (secondary N) is 2. The maximum absolute atomic E-state index is 5.68. The number of hydrogen-bond donors (Lipinski definition) is 2. The predicted octanol–water partition coefficient (Wildman–Crippen LogP) is 3.44. The molecule has 0 unspecified atom stereocenters. The number of para-hydroxylation sites is 3. The number of hydrazone groups is 1. The molecule has 0 atom stereocenters. The van der Waals surface area contributed by atoms with Gasteiger partial charge in [0.25, 0.3) is 0 Å². The van der Waals surface area contributed by atoms with E-state index in [-0.39, 0.29) is 0 Å². The SMILES string of the molecule is C1=C(/C=N\Nc2nc3ccccc3[nH]2)COc2ccccc21. The van der Waals surface area contributed by atoms with E-state index in [1.54, 1.807) is 6.21 Å². The molecule has 108 valence electrons. The van der Waals surface area contributed by atoms with Gasteiger partial charge in [0, 0.05) is 11.1 Å². The van der Waals surface area contributed by atoms with Crippen LogP contribution in [-0.2, 0) is 0 Å². The number of ether oxygens (including phenoxy) is 1. The predicted molar refractivity (Wildman–Crippen MR) is 88.1 cm³/mol. The van der Waals surface area contributed by atoms with Crippen LogP contribution < -0.4 is 10.2 Å². The van der Waals surface area contributed by atoms with Crippen LogP contribution in [0.4, 0.5) is 5.95 Å². The van der Waals surface area contributed by atoms with Gasteiger partial charge in [0.1, 0.15) is 12.4 Å². The van der Waals surface area contributed by atoms with Crippen molar-refractivity contribution in [2.75, 3.05) is 12.0 Å². The number of benzene rings is 2. The quantitative estimate of drug-likeness (QED) is 0.574. The molecule has 5 heteroatoms. The molecular formula is C17H14N4O. The van der Waals surface area contributed by atoms with Crippen molar-refractivity contribution in [1.29, 1.82) is 0 Å². The molecular weight excluding hydrogens is 276 g/mol. The van der Waals surface area contributed by atoms with Crippen LogP contribution in [0.25, 0.3) is 17.1 Å². The lowest BCUT2D eigenvalue weighted by Gasteiger charge is -2.15. The minimum Gasteiger partial charge on any atom is -0.488 e. The molecule has 0 radical (unpaired) electrons. The normalized spacial score (nSPS) is 13.7. The minimum atomic E-state index is 0.516. The molecule has 1 aliphatic heterocycles. The molecule has 0 amide bonds. The molecule has 5 nitrogen and oxygen atoms in total. The maximum atomic E-state index is 5.68. The summed E-state index contributed by atoms with van der Waals surface area (Å²) in [6.07, 6.45) is 3.83. The zero-order valence-corrected chi connectivity index (χ0v) is 11.8. The summed E-state index contributed by atoms with van der Waals surface area (Å²) in [4.78, 5) is 7.56. The van der Waals surface area contributed by atoms with Gasteiger partial charge in [0.05, 0.1) is 17.2 Å². The van der Waals surface area contributed by atoms with Crippen LogP contribution in [0, 0.1) is 0 Å². The summed E-state index contributed by atoms with van der Waals surface area (Å²) >= 11 is 0. The van der Waals surface area contributed by atoms with Gasteiger partial charge in [-0.3, -0.25) is 0 Å². The number of H-pyrrole nitrogens is 1. The lowest BCUT2D eigenvalue weighted by atomic mass is 10.1. The number of anilines is 1. The number of imidazole rings is 1. The van der Waals surface area contributed by atoms with Crippen LogP contribution in [0.1, 0.15) is 5.56 Å². The molecule has 2 aromatic carbocycles. The smallest absolute Gasteiger partial charge is 0.222 e.